The van der Waals surface area contributed by atoms with Crippen LogP contribution in [0.5, 0.6) is 0 Å². The van der Waals surface area contributed by atoms with Gasteiger partial charge in [0.15, 0.2) is 0 Å². The Morgan fingerprint density at radius 2 is 1.38 bits per heavy atom. The molecule has 0 spiro atoms. The molecule has 1 amide bonds. The monoisotopic (exact) mass is 307 g/mol. The van der Waals surface area contributed by atoms with Gasteiger partial charge in [-0.25, -0.2) is 4.79 Å². The molecule has 0 aromatic rings. The first-order valence-electron chi connectivity index (χ1n) is 7.25. The van der Waals surface area contributed by atoms with Crippen molar-refractivity contribution < 1.29 is 28.8 Å². The summed E-state index contributed by atoms with van der Waals surface area (Å²) in [7, 11) is 0. The van der Waals surface area contributed by atoms with Gasteiger partial charge in [-0.3, -0.25) is 0 Å². The third-order valence-corrected chi connectivity index (χ3v) is 2.13. The topological polar surface area (TPSA) is 86.3 Å². The average molecular weight is 307 g/mol. The number of aliphatic hydroxyl groups is 1. The van der Waals surface area contributed by atoms with Crippen LogP contribution in [0.15, 0.2) is 0 Å². The Labute approximate surface area is 126 Å². The molecule has 7 nitrogen and oxygen atoms in total. The number of amides is 1. The summed E-state index contributed by atoms with van der Waals surface area (Å²) in [4.78, 5) is 11.3. The van der Waals surface area contributed by atoms with Gasteiger partial charge in [0.2, 0.25) is 0 Å². The van der Waals surface area contributed by atoms with Gasteiger partial charge in [0.05, 0.1) is 33.0 Å². The van der Waals surface area contributed by atoms with Crippen LogP contribution >= 0.6 is 0 Å². The highest BCUT2D eigenvalue weighted by atomic mass is 16.6. The maximum atomic E-state index is 11.3. The fraction of sp³-hybridized carbons (Fsp3) is 0.929. The molecular weight excluding hydrogens is 278 g/mol. The standard InChI is InChI=1S/C14H29NO6/c1-14(2,3)15-13(17)21-12-11-20-10-9-19-8-7-18-6-4-5-16/h16H,4-12H2,1-3H3,(H,15,17). The molecule has 0 atom stereocenters. The minimum atomic E-state index is -0.442. The summed E-state index contributed by atoms with van der Waals surface area (Å²) in [6, 6.07) is 0. The summed E-state index contributed by atoms with van der Waals surface area (Å²) in [5.41, 5.74) is -0.301. The summed E-state index contributed by atoms with van der Waals surface area (Å²) >= 11 is 0. The van der Waals surface area contributed by atoms with E-state index in [-0.39, 0.29) is 18.8 Å². The minimum Gasteiger partial charge on any atom is -0.447 e. The zero-order valence-electron chi connectivity index (χ0n) is 13.4. The van der Waals surface area contributed by atoms with Crippen molar-refractivity contribution in [1.29, 1.82) is 0 Å². The van der Waals surface area contributed by atoms with Crippen LogP contribution in [0.2, 0.25) is 0 Å². The smallest absolute Gasteiger partial charge is 0.407 e. The Morgan fingerprint density at radius 3 is 1.86 bits per heavy atom. The quantitative estimate of drug-likeness (QED) is 0.522. The van der Waals surface area contributed by atoms with Crippen molar-refractivity contribution in [3.8, 4) is 0 Å². The molecule has 0 radical (unpaired) electrons. The number of rotatable bonds is 12. The van der Waals surface area contributed by atoms with E-state index in [2.05, 4.69) is 5.32 Å². The summed E-state index contributed by atoms with van der Waals surface area (Å²) < 4.78 is 20.7. The van der Waals surface area contributed by atoms with Crippen LogP contribution in [-0.2, 0) is 18.9 Å². The van der Waals surface area contributed by atoms with E-state index in [1.54, 1.807) is 0 Å². The second-order valence-electron chi connectivity index (χ2n) is 5.43. The minimum absolute atomic E-state index is 0.143. The number of ether oxygens (including phenoxy) is 4. The number of aliphatic hydroxyl groups excluding tert-OH is 1. The lowest BCUT2D eigenvalue weighted by atomic mass is 10.1. The highest BCUT2D eigenvalue weighted by molar-refractivity contribution is 5.67. The molecule has 0 saturated heterocycles. The van der Waals surface area contributed by atoms with Gasteiger partial charge in [-0.1, -0.05) is 0 Å². The lowest BCUT2D eigenvalue weighted by Gasteiger charge is -2.19. The Kier molecular flexibility index (Phi) is 12.3. The number of carbonyl (C=O) groups excluding carboxylic acids is 1. The Hall–Kier alpha value is -0.890. The van der Waals surface area contributed by atoms with E-state index in [1.165, 1.54) is 0 Å². The van der Waals surface area contributed by atoms with Crippen LogP contribution < -0.4 is 5.32 Å². The van der Waals surface area contributed by atoms with E-state index in [9.17, 15) is 4.79 Å². The molecule has 0 aromatic carbocycles. The highest BCUT2D eigenvalue weighted by Crippen LogP contribution is 1.98. The third kappa shape index (κ3) is 17.1. The number of nitrogens with one attached hydrogen (secondary N) is 1. The van der Waals surface area contributed by atoms with Gasteiger partial charge < -0.3 is 29.4 Å². The fourth-order valence-corrected chi connectivity index (χ4v) is 1.24. The maximum absolute atomic E-state index is 11.3. The Balaban J connectivity index is 3.17. The van der Waals surface area contributed by atoms with Gasteiger partial charge in [-0.15, -0.1) is 0 Å². The SMILES string of the molecule is CC(C)(C)NC(=O)OCCOCCOCCOCCCO. The first-order chi connectivity index (χ1) is 9.95. The predicted molar refractivity (Wildman–Crippen MR) is 78.4 cm³/mol. The van der Waals surface area contributed by atoms with Crippen LogP contribution in [0, 0.1) is 0 Å². The zero-order chi connectivity index (χ0) is 16.0. The van der Waals surface area contributed by atoms with E-state index in [1.807, 2.05) is 20.8 Å². The second kappa shape index (κ2) is 12.8. The van der Waals surface area contributed by atoms with E-state index >= 15 is 0 Å². The summed E-state index contributed by atoms with van der Waals surface area (Å²) in [5, 5.41) is 11.2. The van der Waals surface area contributed by atoms with Gasteiger partial charge in [0.1, 0.15) is 6.61 Å². The normalized spacial score (nSPS) is 11.4. The molecular formula is C14H29NO6. The van der Waals surface area contributed by atoms with Gasteiger partial charge >= 0.3 is 6.09 Å². The molecule has 0 rings (SSSR count). The van der Waals surface area contributed by atoms with E-state index in [0.29, 0.717) is 46.1 Å². The third-order valence-electron chi connectivity index (χ3n) is 2.13. The van der Waals surface area contributed by atoms with Gasteiger partial charge in [0.25, 0.3) is 0 Å². The molecule has 0 aliphatic rings. The van der Waals surface area contributed by atoms with E-state index in [4.69, 9.17) is 24.1 Å². The lowest BCUT2D eigenvalue weighted by molar-refractivity contribution is 0.00382. The van der Waals surface area contributed by atoms with Crippen LogP contribution in [-0.4, -0.2) is 69.6 Å². The average Bonchev–Trinajstić information content (AvgIpc) is 2.38. The summed E-state index contributed by atoms with van der Waals surface area (Å²) in [5.74, 6) is 0. The first-order valence-corrected chi connectivity index (χ1v) is 7.25. The number of carbonyl (C=O) groups is 1. The van der Waals surface area contributed by atoms with Crippen molar-refractivity contribution in [2.75, 3.05) is 52.9 Å². The number of hydrogen-bond acceptors (Lipinski definition) is 6. The zero-order valence-corrected chi connectivity index (χ0v) is 13.4. The van der Waals surface area contributed by atoms with Crippen molar-refractivity contribution in [3.63, 3.8) is 0 Å². The molecule has 0 aliphatic heterocycles. The van der Waals surface area contributed by atoms with Crippen LogP contribution in [0.3, 0.4) is 0 Å². The molecule has 2 N–H and O–H groups in total. The highest BCUT2D eigenvalue weighted by Gasteiger charge is 2.13. The van der Waals surface area contributed by atoms with Crippen LogP contribution in [0.1, 0.15) is 27.2 Å². The molecule has 21 heavy (non-hydrogen) atoms. The molecule has 0 bridgehead atoms. The van der Waals surface area contributed by atoms with Crippen molar-refractivity contribution in [2.45, 2.75) is 32.7 Å². The van der Waals surface area contributed by atoms with Crippen molar-refractivity contribution >= 4 is 6.09 Å². The second-order valence-corrected chi connectivity index (χ2v) is 5.43. The van der Waals surface area contributed by atoms with Gasteiger partial charge in [0, 0.05) is 18.8 Å². The molecule has 0 heterocycles. The molecule has 0 saturated carbocycles. The molecule has 7 heteroatoms. The summed E-state index contributed by atoms with van der Waals surface area (Å²) in [6.07, 6.45) is 0.203. The predicted octanol–water partition coefficient (Wildman–Crippen LogP) is 0.943. The van der Waals surface area contributed by atoms with Gasteiger partial charge in [-0.05, 0) is 27.2 Å². The molecule has 0 aromatic heterocycles. The first kappa shape index (κ1) is 20.1. The van der Waals surface area contributed by atoms with E-state index < -0.39 is 6.09 Å². The lowest BCUT2D eigenvalue weighted by Crippen LogP contribution is -2.41. The van der Waals surface area contributed by atoms with Crippen molar-refractivity contribution in [2.24, 2.45) is 0 Å². The number of hydrogen-bond donors (Lipinski definition) is 2. The largest absolute Gasteiger partial charge is 0.447 e. The van der Waals surface area contributed by atoms with Gasteiger partial charge in [-0.2, -0.15) is 0 Å². The molecule has 0 unspecified atom stereocenters. The molecule has 0 fully saturated rings. The van der Waals surface area contributed by atoms with Crippen molar-refractivity contribution in [1.82, 2.24) is 5.32 Å². The van der Waals surface area contributed by atoms with Crippen LogP contribution in [0.25, 0.3) is 0 Å². The Bertz CT molecular complexity index is 254. The van der Waals surface area contributed by atoms with Crippen molar-refractivity contribution in [3.05, 3.63) is 0 Å². The van der Waals surface area contributed by atoms with Crippen LogP contribution in [0.4, 0.5) is 4.79 Å². The molecule has 126 valence electrons. The number of alkyl carbamates (subject to hydrolysis) is 1. The summed E-state index contributed by atoms with van der Waals surface area (Å²) in [6.45, 7) is 8.82. The maximum Gasteiger partial charge on any atom is 0.407 e. The molecule has 0 aliphatic carbocycles. The fourth-order valence-electron chi connectivity index (χ4n) is 1.24. The van der Waals surface area contributed by atoms with E-state index in [0.717, 1.165) is 0 Å². The Morgan fingerprint density at radius 1 is 0.905 bits per heavy atom.